The Bertz CT molecular complexity index is 717. The van der Waals surface area contributed by atoms with Gasteiger partial charge in [0.25, 0.3) is 0 Å². The number of nitrogens with one attached hydrogen (secondary N) is 1. The molecule has 0 bridgehead atoms. The lowest BCUT2D eigenvalue weighted by atomic mass is 10.1. The van der Waals surface area contributed by atoms with Crippen molar-refractivity contribution in [1.82, 2.24) is 9.88 Å². The predicted octanol–water partition coefficient (Wildman–Crippen LogP) is 4.32. The fourth-order valence-corrected chi connectivity index (χ4v) is 4.01. The van der Waals surface area contributed by atoms with Crippen molar-refractivity contribution < 1.29 is 4.79 Å². The molecule has 0 atom stereocenters. The third-order valence-corrected chi connectivity index (χ3v) is 5.56. The average molecular weight is 358 g/mol. The molecule has 1 aromatic heterocycles. The second kappa shape index (κ2) is 8.59. The maximum atomic E-state index is 12.3. The monoisotopic (exact) mass is 357 g/mol. The zero-order valence-corrected chi connectivity index (χ0v) is 16.0. The second-order valence-corrected chi connectivity index (χ2v) is 7.91. The fraction of sp³-hybridized carbons (Fsp3) is 0.500. The lowest BCUT2D eigenvalue weighted by molar-refractivity contribution is -0.115. The Labute approximate surface area is 154 Å². The molecule has 3 rings (SSSR count). The number of rotatable bonds is 5. The number of carbonyl (C=O) groups excluding carboxylic acids is 1. The summed E-state index contributed by atoms with van der Waals surface area (Å²) in [5.74, 6) is 0.00405. The van der Waals surface area contributed by atoms with Crippen molar-refractivity contribution >= 4 is 22.9 Å². The zero-order chi connectivity index (χ0) is 17.6. The van der Waals surface area contributed by atoms with E-state index in [4.69, 9.17) is 0 Å². The van der Waals surface area contributed by atoms with Gasteiger partial charge in [-0.15, -0.1) is 11.3 Å². The average Bonchev–Trinajstić information content (AvgIpc) is 2.84. The summed E-state index contributed by atoms with van der Waals surface area (Å²) >= 11 is 1.59. The van der Waals surface area contributed by atoms with Crippen LogP contribution in [0.5, 0.6) is 0 Å². The van der Waals surface area contributed by atoms with Crippen molar-refractivity contribution in [3.05, 3.63) is 45.4 Å². The first kappa shape index (κ1) is 18.1. The highest BCUT2D eigenvalue weighted by molar-refractivity contribution is 7.09. The number of likely N-dealkylation sites (tertiary alicyclic amines) is 1. The first-order valence-electron chi connectivity index (χ1n) is 9.13. The number of carbonyl (C=O) groups is 1. The maximum Gasteiger partial charge on any atom is 0.231 e. The van der Waals surface area contributed by atoms with Crippen molar-refractivity contribution in [2.45, 2.75) is 52.5 Å². The molecule has 0 saturated carbocycles. The van der Waals surface area contributed by atoms with Crippen molar-refractivity contribution in [1.29, 1.82) is 0 Å². The topological polar surface area (TPSA) is 45.2 Å². The molecule has 0 aliphatic carbocycles. The fourth-order valence-electron chi connectivity index (χ4n) is 3.23. The molecule has 5 heteroatoms. The number of aromatic nitrogens is 1. The summed E-state index contributed by atoms with van der Waals surface area (Å²) in [5.41, 5.74) is 4.22. The maximum absolute atomic E-state index is 12.3. The molecule has 4 nitrogen and oxygen atoms in total. The quantitative estimate of drug-likeness (QED) is 0.867. The molecule has 134 valence electrons. The van der Waals surface area contributed by atoms with Gasteiger partial charge in [-0.05, 0) is 57.0 Å². The third kappa shape index (κ3) is 5.38. The number of amides is 1. The molecule has 1 N–H and O–H groups in total. The molecule has 25 heavy (non-hydrogen) atoms. The van der Waals surface area contributed by atoms with Gasteiger partial charge in [0.05, 0.1) is 12.1 Å². The molecule has 1 fully saturated rings. The van der Waals surface area contributed by atoms with E-state index >= 15 is 0 Å². The standard InChI is InChI=1S/C20H27N3OS/c1-15-7-8-16(2)18(11-15)22-19(24)12-20-21-17(14-25-20)13-23-9-5-3-4-6-10-23/h7-8,11,14H,3-6,9-10,12-13H2,1-2H3,(H,22,24). The molecule has 2 aromatic rings. The van der Waals surface area contributed by atoms with Crippen LogP contribution in [0.1, 0.15) is 47.5 Å². The van der Waals surface area contributed by atoms with Crippen LogP contribution < -0.4 is 5.32 Å². The van der Waals surface area contributed by atoms with Gasteiger partial charge in [-0.25, -0.2) is 4.98 Å². The van der Waals surface area contributed by atoms with Crippen LogP contribution in [0.3, 0.4) is 0 Å². The summed E-state index contributed by atoms with van der Waals surface area (Å²) in [6.07, 6.45) is 5.61. The van der Waals surface area contributed by atoms with Gasteiger partial charge in [-0.1, -0.05) is 25.0 Å². The molecule has 1 aliphatic rings. The van der Waals surface area contributed by atoms with E-state index in [1.165, 1.54) is 38.8 Å². The van der Waals surface area contributed by atoms with Crippen LogP contribution in [0, 0.1) is 13.8 Å². The minimum absolute atomic E-state index is 0.00405. The van der Waals surface area contributed by atoms with Crippen molar-refractivity contribution in [3.63, 3.8) is 0 Å². The number of benzene rings is 1. The largest absolute Gasteiger partial charge is 0.325 e. The number of nitrogens with zero attached hydrogens (tertiary/aromatic N) is 2. The Hall–Kier alpha value is -1.72. The molecular weight excluding hydrogens is 330 g/mol. The highest BCUT2D eigenvalue weighted by Gasteiger charge is 2.13. The van der Waals surface area contributed by atoms with Gasteiger partial charge in [0, 0.05) is 17.6 Å². The lowest BCUT2D eigenvalue weighted by Gasteiger charge is -2.17. The Morgan fingerprint density at radius 2 is 1.96 bits per heavy atom. The molecule has 0 unspecified atom stereocenters. The molecule has 2 heterocycles. The number of aryl methyl sites for hydroxylation is 2. The predicted molar refractivity (Wildman–Crippen MR) is 104 cm³/mol. The first-order valence-corrected chi connectivity index (χ1v) is 10.0. The molecule has 0 radical (unpaired) electrons. The van der Waals surface area contributed by atoms with E-state index in [1.807, 2.05) is 26.0 Å². The van der Waals surface area contributed by atoms with E-state index in [9.17, 15) is 4.79 Å². The summed E-state index contributed by atoms with van der Waals surface area (Å²) in [5, 5.41) is 6.01. The summed E-state index contributed by atoms with van der Waals surface area (Å²) in [6.45, 7) is 7.29. The van der Waals surface area contributed by atoms with Crippen LogP contribution in [0.15, 0.2) is 23.6 Å². The molecule has 0 spiro atoms. The van der Waals surface area contributed by atoms with E-state index in [0.717, 1.165) is 34.1 Å². The van der Waals surface area contributed by atoms with Crippen molar-refractivity contribution in [2.75, 3.05) is 18.4 Å². The molecular formula is C20H27N3OS. The lowest BCUT2D eigenvalue weighted by Crippen LogP contribution is -2.24. The van der Waals surface area contributed by atoms with Gasteiger partial charge in [0.2, 0.25) is 5.91 Å². The van der Waals surface area contributed by atoms with E-state index in [2.05, 4.69) is 26.6 Å². The molecule has 1 saturated heterocycles. The highest BCUT2D eigenvalue weighted by Crippen LogP contribution is 2.19. The van der Waals surface area contributed by atoms with Gasteiger partial charge in [-0.2, -0.15) is 0 Å². The van der Waals surface area contributed by atoms with Gasteiger partial charge in [0.15, 0.2) is 0 Å². The first-order chi connectivity index (χ1) is 12.1. The summed E-state index contributed by atoms with van der Waals surface area (Å²) in [6, 6.07) is 6.11. The van der Waals surface area contributed by atoms with Gasteiger partial charge in [0.1, 0.15) is 5.01 Å². The van der Waals surface area contributed by atoms with Gasteiger partial charge >= 0.3 is 0 Å². The summed E-state index contributed by atoms with van der Waals surface area (Å²) in [7, 11) is 0. The number of hydrogen-bond acceptors (Lipinski definition) is 4. The van der Waals surface area contributed by atoms with Crippen LogP contribution >= 0.6 is 11.3 Å². The number of thiazole rings is 1. The Morgan fingerprint density at radius 1 is 1.20 bits per heavy atom. The normalized spacial score (nSPS) is 15.8. The Kier molecular flexibility index (Phi) is 6.21. The van der Waals surface area contributed by atoms with Crippen LogP contribution in [-0.2, 0) is 17.8 Å². The van der Waals surface area contributed by atoms with E-state index < -0.39 is 0 Å². The summed E-state index contributed by atoms with van der Waals surface area (Å²) < 4.78 is 0. The van der Waals surface area contributed by atoms with Crippen LogP contribution in [0.25, 0.3) is 0 Å². The zero-order valence-electron chi connectivity index (χ0n) is 15.2. The number of anilines is 1. The third-order valence-electron chi connectivity index (χ3n) is 4.66. The van der Waals surface area contributed by atoms with Crippen molar-refractivity contribution in [3.8, 4) is 0 Å². The Balaban J connectivity index is 1.55. The SMILES string of the molecule is Cc1ccc(C)c(NC(=O)Cc2nc(CN3CCCCCC3)cs2)c1. The van der Waals surface area contributed by atoms with Crippen LogP contribution in [0.4, 0.5) is 5.69 Å². The van der Waals surface area contributed by atoms with Gasteiger partial charge < -0.3 is 5.32 Å². The van der Waals surface area contributed by atoms with Crippen molar-refractivity contribution in [2.24, 2.45) is 0 Å². The molecule has 1 amide bonds. The smallest absolute Gasteiger partial charge is 0.231 e. The molecule has 1 aliphatic heterocycles. The van der Waals surface area contributed by atoms with E-state index in [1.54, 1.807) is 11.3 Å². The van der Waals surface area contributed by atoms with Gasteiger partial charge in [-0.3, -0.25) is 9.69 Å². The second-order valence-electron chi connectivity index (χ2n) is 6.97. The minimum Gasteiger partial charge on any atom is -0.325 e. The minimum atomic E-state index is 0.00405. The van der Waals surface area contributed by atoms with E-state index in [0.29, 0.717) is 6.42 Å². The molecule has 1 aromatic carbocycles. The van der Waals surface area contributed by atoms with Crippen LogP contribution in [-0.4, -0.2) is 28.9 Å². The van der Waals surface area contributed by atoms with E-state index in [-0.39, 0.29) is 5.91 Å². The summed E-state index contributed by atoms with van der Waals surface area (Å²) in [4.78, 5) is 19.5. The Morgan fingerprint density at radius 3 is 2.72 bits per heavy atom. The van der Waals surface area contributed by atoms with Crippen LogP contribution in [0.2, 0.25) is 0 Å². The number of hydrogen-bond donors (Lipinski definition) is 1. The highest BCUT2D eigenvalue weighted by atomic mass is 32.1.